The summed E-state index contributed by atoms with van der Waals surface area (Å²) in [5.74, 6) is -1.06. The third kappa shape index (κ3) is 10.3. The Labute approximate surface area is 433 Å². The average Bonchev–Trinajstić information content (AvgIpc) is 3.73. The van der Waals surface area contributed by atoms with Crippen molar-refractivity contribution in [3.05, 3.63) is 172 Å². The zero-order valence-corrected chi connectivity index (χ0v) is 40.9. The van der Waals surface area contributed by atoms with Crippen LogP contribution in [0.25, 0.3) is 33.0 Å². The number of anilines is 1. The minimum atomic E-state index is -4.45. The van der Waals surface area contributed by atoms with Gasteiger partial charge in [-0.1, -0.05) is 54.6 Å². The molecule has 3 aliphatic heterocycles. The highest BCUT2D eigenvalue weighted by Crippen LogP contribution is 2.57. The lowest BCUT2D eigenvalue weighted by atomic mass is 9.77. The first-order valence-electron chi connectivity index (χ1n) is 24.4. The lowest BCUT2D eigenvalue weighted by Crippen LogP contribution is -2.38. The van der Waals surface area contributed by atoms with E-state index in [2.05, 4.69) is 16.0 Å². The molecule has 75 heavy (non-hydrogen) atoms. The second kappa shape index (κ2) is 20.5. The molecule has 0 bridgehead atoms. The number of hydrogen-bond donors (Lipinski definition) is 6. The Hall–Kier alpha value is -8.44. The molecule has 0 saturated carbocycles. The van der Waals surface area contributed by atoms with E-state index in [0.717, 1.165) is 47.1 Å². The van der Waals surface area contributed by atoms with E-state index in [-0.39, 0.29) is 52.7 Å². The summed E-state index contributed by atoms with van der Waals surface area (Å²) in [6.07, 6.45) is -1.35. The molecule has 10 rings (SSSR count). The van der Waals surface area contributed by atoms with Crippen molar-refractivity contribution < 1.29 is 57.1 Å². The Balaban J connectivity index is 0.652. The van der Waals surface area contributed by atoms with Gasteiger partial charge in [0.05, 0.1) is 16.7 Å². The van der Waals surface area contributed by atoms with Crippen LogP contribution in [0.15, 0.2) is 133 Å². The number of carboxylic acids is 1. The van der Waals surface area contributed by atoms with E-state index < -0.39 is 29.3 Å². The maximum Gasteiger partial charge on any atom is 0.416 e. The summed E-state index contributed by atoms with van der Waals surface area (Å²) in [5.41, 5.74) is 4.30. The van der Waals surface area contributed by atoms with Gasteiger partial charge in [-0.2, -0.15) is 13.2 Å². The highest BCUT2D eigenvalue weighted by atomic mass is 32.1. The number of thiocarbonyl (C=S) groups is 1. The minimum absolute atomic E-state index is 0.0382. The summed E-state index contributed by atoms with van der Waals surface area (Å²) in [7, 11) is 0. The number of nitrogens with zero attached hydrogens (tertiary/aromatic N) is 1. The molecule has 13 nitrogen and oxygen atoms in total. The van der Waals surface area contributed by atoms with Crippen LogP contribution in [0.5, 0.6) is 23.0 Å². The fourth-order valence-electron chi connectivity index (χ4n) is 10.3. The molecule has 3 heterocycles. The van der Waals surface area contributed by atoms with Gasteiger partial charge < -0.3 is 45.6 Å². The standard InChI is InChI=1S/C58H49F3N4O9S/c59-58(60,61)40-12-9-34(10-13-40)37-11-17-44-38(27-37)28-39(54(70)71)29-45(44)36-7-5-33(6-8-36)35-21-25-65(26-22-35)53(69)4-2-23-62-52(68)3-1-24-63-56(75)64-41-14-18-47-46(30-41)55(72)74-57(47)48-19-15-42(66)31-50(48)73-51-32-43(67)16-20-49(51)57/h5-20,27-32,35,66-67H,1-4,21-26H2,(H,62,68)(H,70,71)(H2,63,64,75). The molecule has 2 amide bonds. The Kier molecular flexibility index (Phi) is 13.7. The van der Waals surface area contributed by atoms with Crippen molar-refractivity contribution in [1.82, 2.24) is 15.5 Å². The van der Waals surface area contributed by atoms with Crippen molar-refractivity contribution >= 4 is 57.5 Å². The highest BCUT2D eigenvalue weighted by Gasteiger charge is 2.53. The molecule has 1 fully saturated rings. The number of esters is 1. The molecule has 0 radical (unpaired) electrons. The molecule has 6 N–H and O–H groups in total. The van der Waals surface area contributed by atoms with E-state index in [9.17, 15) is 47.7 Å². The van der Waals surface area contributed by atoms with E-state index in [1.165, 1.54) is 36.4 Å². The predicted molar refractivity (Wildman–Crippen MR) is 279 cm³/mol. The van der Waals surface area contributed by atoms with Crippen LogP contribution in [0.2, 0.25) is 0 Å². The Morgan fingerprint density at radius 3 is 1.99 bits per heavy atom. The monoisotopic (exact) mass is 1030 g/mol. The molecular formula is C58H49F3N4O9S. The van der Waals surface area contributed by atoms with Gasteiger partial charge in [0, 0.05) is 73.5 Å². The number of aromatic carboxylic acids is 1. The number of benzene rings is 7. The van der Waals surface area contributed by atoms with Crippen molar-refractivity contribution in [2.75, 3.05) is 31.5 Å². The smallest absolute Gasteiger partial charge is 0.416 e. The van der Waals surface area contributed by atoms with Crippen molar-refractivity contribution in [2.24, 2.45) is 0 Å². The summed E-state index contributed by atoms with van der Waals surface area (Å²) < 4.78 is 51.6. The van der Waals surface area contributed by atoms with E-state index in [1.54, 1.807) is 48.5 Å². The molecule has 1 saturated heterocycles. The number of amides is 2. The number of carboxylic acid groups (broad SMARTS) is 1. The molecular weight excluding hydrogens is 986 g/mol. The van der Waals surface area contributed by atoms with Crippen molar-refractivity contribution in [3.8, 4) is 45.3 Å². The Morgan fingerprint density at radius 2 is 1.32 bits per heavy atom. The third-order valence-electron chi connectivity index (χ3n) is 14.1. The summed E-state index contributed by atoms with van der Waals surface area (Å²) in [6, 6.07) is 35.9. The van der Waals surface area contributed by atoms with Gasteiger partial charge in [-0.3, -0.25) is 9.59 Å². The predicted octanol–water partition coefficient (Wildman–Crippen LogP) is 11.2. The average molecular weight is 1040 g/mol. The fourth-order valence-corrected chi connectivity index (χ4v) is 10.5. The second-order valence-corrected chi connectivity index (χ2v) is 19.3. The number of phenols is 2. The van der Waals surface area contributed by atoms with Gasteiger partial charge in [-0.05, 0) is 149 Å². The summed E-state index contributed by atoms with van der Waals surface area (Å²) in [5, 5.41) is 41.2. The fraction of sp³-hybridized carbons (Fsp3) is 0.224. The number of fused-ring (bicyclic) bond motifs is 7. The molecule has 17 heteroatoms. The van der Waals surface area contributed by atoms with Crippen LogP contribution in [0, 0.1) is 0 Å². The SMILES string of the molecule is O=C(CCCNC(=S)Nc1ccc2c(c1)C(=O)OC21c2ccc(O)cc2Oc2cc(O)ccc21)NCCCC(=O)N1CCC(c2ccc(-c3cc(C(=O)O)cc4cc(-c5ccc(C(F)(F)F)cc5)ccc34)cc2)CC1. The van der Waals surface area contributed by atoms with E-state index in [0.29, 0.717) is 95.0 Å². The molecule has 1 spiro atoms. The molecule has 382 valence electrons. The van der Waals surface area contributed by atoms with Gasteiger partial charge >= 0.3 is 18.1 Å². The molecule has 0 aliphatic carbocycles. The molecule has 0 aromatic heterocycles. The zero-order chi connectivity index (χ0) is 52.6. The van der Waals surface area contributed by atoms with Gasteiger partial charge in [0.25, 0.3) is 0 Å². The molecule has 0 unspecified atom stereocenters. The van der Waals surface area contributed by atoms with Crippen LogP contribution < -0.4 is 20.7 Å². The normalized spacial score (nSPS) is 14.5. The number of likely N-dealkylation sites (tertiary alicyclic amines) is 1. The first kappa shape index (κ1) is 50.1. The largest absolute Gasteiger partial charge is 0.508 e. The van der Waals surface area contributed by atoms with Gasteiger partial charge in [0.1, 0.15) is 23.0 Å². The summed E-state index contributed by atoms with van der Waals surface area (Å²) in [4.78, 5) is 53.3. The van der Waals surface area contributed by atoms with Gasteiger partial charge in [-0.15, -0.1) is 0 Å². The van der Waals surface area contributed by atoms with Crippen LogP contribution in [0.4, 0.5) is 18.9 Å². The number of carbonyl (C=O) groups excluding carboxylic acids is 3. The van der Waals surface area contributed by atoms with Crippen LogP contribution in [0.3, 0.4) is 0 Å². The quantitative estimate of drug-likeness (QED) is 0.0365. The number of ether oxygens (including phenoxy) is 2. The molecule has 3 aliphatic rings. The van der Waals surface area contributed by atoms with Gasteiger partial charge in [-0.25, -0.2) is 9.59 Å². The third-order valence-corrected chi connectivity index (χ3v) is 14.3. The first-order chi connectivity index (χ1) is 36.0. The molecule has 7 aromatic carbocycles. The number of alkyl halides is 3. The Morgan fingerprint density at radius 1 is 0.693 bits per heavy atom. The van der Waals surface area contributed by atoms with Gasteiger partial charge in [0.15, 0.2) is 10.7 Å². The van der Waals surface area contributed by atoms with Crippen LogP contribution in [-0.4, -0.2) is 75.3 Å². The van der Waals surface area contributed by atoms with Crippen molar-refractivity contribution in [2.45, 2.75) is 56.2 Å². The first-order valence-corrected chi connectivity index (χ1v) is 24.9. The number of nitrogens with one attached hydrogen (secondary N) is 3. The topological polar surface area (TPSA) is 187 Å². The second-order valence-electron chi connectivity index (χ2n) is 18.8. The number of hydrogen-bond acceptors (Lipinski definition) is 9. The lowest BCUT2D eigenvalue weighted by Gasteiger charge is -2.36. The summed E-state index contributed by atoms with van der Waals surface area (Å²) >= 11 is 5.51. The zero-order valence-electron chi connectivity index (χ0n) is 40.1. The number of carbonyl (C=O) groups is 4. The number of halogens is 3. The summed E-state index contributed by atoms with van der Waals surface area (Å²) in [6.45, 7) is 1.97. The van der Waals surface area contributed by atoms with Crippen molar-refractivity contribution in [3.63, 3.8) is 0 Å². The van der Waals surface area contributed by atoms with E-state index >= 15 is 0 Å². The number of piperidine rings is 1. The van der Waals surface area contributed by atoms with Crippen LogP contribution in [0.1, 0.15) is 93.0 Å². The van der Waals surface area contributed by atoms with E-state index in [4.69, 9.17) is 21.7 Å². The van der Waals surface area contributed by atoms with Crippen LogP contribution in [-0.2, 0) is 26.1 Å². The number of rotatable bonds is 13. The Bertz CT molecular complexity index is 3360. The van der Waals surface area contributed by atoms with E-state index in [1.807, 2.05) is 41.3 Å². The highest BCUT2D eigenvalue weighted by molar-refractivity contribution is 7.80. The molecule has 7 aromatic rings. The number of phenolic OH excluding ortho intramolecular Hbond substituents is 2. The maximum absolute atomic E-state index is 13.5. The molecule has 0 atom stereocenters. The van der Waals surface area contributed by atoms with Crippen LogP contribution >= 0.6 is 12.2 Å². The van der Waals surface area contributed by atoms with Gasteiger partial charge in [0.2, 0.25) is 11.8 Å². The number of aromatic hydroxyl groups is 2. The minimum Gasteiger partial charge on any atom is -0.508 e. The van der Waals surface area contributed by atoms with Crippen molar-refractivity contribution in [1.29, 1.82) is 0 Å². The lowest BCUT2D eigenvalue weighted by molar-refractivity contribution is -0.137. The maximum atomic E-state index is 13.5.